The van der Waals surface area contributed by atoms with Crippen LogP contribution >= 0.6 is 0 Å². The number of benzene rings is 1. The van der Waals surface area contributed by atoms with Crippen molar-refractivity contribution < 1.29 is 19.1 Å². The first-order valence-electron chi connectivity index (χ1n) is 6.76. The summed E-state index contributed by atoms with van der Waals surface area (Å²) >= 11 is 0. The zero-order valence-corrected chi connectivity index (χ0v) is 12.2. The van der Waals surface area contributed by atoms with Gasteiger partial charge in [0.15, 0.2) is 0 Å². The summed E-state index contributed by atoms with van der Waals surface area (Å²) in [4.78, 5) is 25.2. The first kappa shape index (κ1) is 16.0. The lowest BCUT2D eigenvalue weighted by atomic mass is 10.1. The van der Waals surface area contributed by atoms with Crippen LogP contribution in [0.25, 0.3) is 0 Å². The van der Waals surface area contributed by atoms with Crippen molar-refractivity contribution in [3.05, 3.63) is 30.3 Å². The molecule has 1 unspecified atom stereocenters. The number of ether oxygens (including phenoxy) is 2. The van der Waals surface area contributed by atoms with E-state index < -0.39 is 12.0 Å². The van der Waals surface area contributed by atoms with Gasteiger partial charge in [-0.3, -0.25) is 9.69 Å². The third kappa shape index (κ3) is 4.57. The second-order valence-corrected chi connectivity index (χ2v) is 4.30. The molecule has 0 N–H and O–H groups in total. The Labute approximate surface area is 119 Å². The van der Waals surface area contributed by atoms with Crippen LogP contribution in [0.2, 0.25) is 0 Å². The van der Waals surface area contributed by atoms with Crippen LogP contribution in [0.15, 0.2) is 30.3 Å². The fourth-order valence-electron chi connectivity index (χ4n) is 1.73. The van der Waals surface area contributed by atoms with Gasteiger partial charge >= 0.3 is 12.1 Å². The van der Waals surface area contributed by atoms with Crippen LogP contribution in [-0.4, -0.2) is 31.8 Å². The van der Waals surface area contributed by atoms with E-state index in [2.05, 4.69) is 0 Å². The average molecular weight is 279 g/mol. The second kappa shape index (κ2) is 8.19. The molecule has 5 heteroatoms. The molecule has 0 heterocycles. The van der Waals surface area contributed by atoms with Crippen LogP contribution in [0.3, 0.4) is 0 Å². The van der Waals surface area contributed by atoms with E-state index >= 15 is 0 Å². The van der Waals surface area contributed by atoms with Crippen LogP contribution in [0, 0.1) is 5.92 Å². The van der Waals surface area contributed by atoms with E-state index in [9.17, 15) is 9.59 Å². The molecule has 0 saturated carbocycles. The highest BCUT2D eigenvalue weighted by Gasteiger charge is 2.23. The molecule has 1 aromatic carbocycles. The highest BCUT2D eigenvalue weighted by Crippen LogP contribution is 2.17. The highest BCUT2D eigenvalue weighted by atomic mass is 16.6. The van der Waals surface area contributed by atoms with Crippen LogP contribution in [0.4, 0.5) is 10.5 Å². The monoisotopic (exact) mass is 279 g/mol. The summed E-state index contributed by atoms with van der Waals surface area (Å²) in [6, 6.07) is 9.12. The van der Waals surface area contributed by atoms with Gasteiger partial charge in [-0.2, -0.15) is 0 Å². The Kier molecular flexibility index (Phi) is 6.56. The van der Waals surface area contributed by atoms with Gasteiger partial charge in [0.25, 0.3) is 0 Å². The highest BCUT2D eigenvalue weighted by molar-refractivity contribution is 5.88. The summed E-state index contributed by atoms with van der Waals surface area (Å²) in [5, 5.41) is 0. The summed E-state index contributed by atoms with van der Waals surface area (Å²) in [6.45, 7) is 6.07. The van der Waals surface area contributed by atoms with Crippen molar-refractivity contribution in [3.63, 3.8) is 0 Å². The molecule has 20 heavy (non-hydrogen) atoms. The topological polar surface area (TPSA) is 55.8 Å². The zero-order valence-electron chi connectivity index (χ0n) is 12.2. The van der Waals surface area contributed by atoms with Crippen LogP contribution in [0.1, 0.15) is 20.8 Å². The predicted octanol–water partition coefficient (Wildman–Crippen LogP) is 2.85. The van der Waals surface area contributed by atoms with Crippen molar-refractivity contribution in [3.8, 4) is 0 Å². The lowest BCUT2D eigenvalue weighted by Gasteiger charge is -2.24. The summed E-state index contributed by atoms with van der Waals surface area (Å²) in [5.74, 6) is -0.739. The molecule has 1 rings (SSSR count). The molecule has 0 saturated heterocycles. The lowest BCUT2D eigenvalue weighted by Crippen LogP contribution is -2.38. The largest absolute Gasteiger partial charge is 0.466 e. The number of anilines is 1. The van der Waals surface area contributed by atoms with Crippen LogP contribution < -0.4 is 4.90 Å². The van der Waals surface area contributed by atoms with Gasteiger partial charge in [-0.25, -0.2) is 4.79 Å². The van der Waals surface area contributed by atoms with E-state index in [1.165, 1.54) is 4.90 Å². The van der Waals surface area contributed by atoms with E-state index in [0.717, 1.165) is 0 Å². The smallest absolute Gasteiger partial charge is 0.414 e. The molecule has 0 aromatic heterocycles. The third-order valence-electron chi connectivity index (χ3n) is 2.70. The fourth-order valence-corrected chi connectivity index (χ4v) is 1.73. The van der Waals surface area contributed by atoms with E-state index in [-0.39, 0.29) is 19.1 Å². The number of hydrogen-bond acceptors (Lipinski definition) is 4. The Hall–Kier alpha value is -2.04. The SMILES string of the molecule is CCOC(=O)C(C)CN(C(=O)OCC)c1ccccc1. The summed E-state index contributed by atoms with van der Waals surface area (Å²) in [5.41, 5.74) is 0.696. The Morgan fingerprint density at radius 3 is 2.25 bits per heavy atom. The van der Waals surface area contributed by atoms with Gasteiger partial charge in [0.1, 0.15) is 0 Å². The van der Waals surface area contributed by atoms with Crippen molar-refractivity contribution in [2.45, 2.75) is 20.8 Å². The summed E-state index contributed by atoms with van der Waals surface area (Å²) < 4.78 is 10.00. The van der Waals surface area contributed by atoms with Gasteiger partial charge in [0.2, 0.25) is 0 Å². The Morgan fingerprint density at radius 2 is 1.70 bits per heavy atom. The minimum atomic E-state index is -0.463. The van der Waals surface area contributed by atoms with E-state index in [4.69, 9.17) is 9.47 Å². The van der Waals surface area contributed by atoms with Crippen molar-refractivity contribution >= 4 is 17.7 Å². The zero-order chi connectivity index (χ0) is 15.0. The minimum Gasteiger partial charge on any atom is -0.466 e. The molecule has 5 nitrogen and oxygen atoms in total. The van der Waals surface area contributed by atoms with Crippen molar-refractivity contribution in [1.82, 2.24) is 0 Å². The molecule has 0 spiro atoms. The van der Waals surface area contributed by atoms with E-state index in [1.807, 2.05) is 18.2 Å². The van der Waals surface area contributed by atoms with Crippen molar-refractivity contribution in [2.24, 2.45) is 5.92 Å². The first-order chi connectivity index (χ1) is 9.60. The second-order valence-electron chi connectivity index (χ2n) is 4.30. The number of para-hydroxylation sites is 1. The maximum absolute atomic E-state index is 12.0. The third-order valence-corrected chi connectivity index (χ3v) is 2.70. The quantitative estimate of drug-likeness (QED) is 0.751. The Balaban J connectivity index is 2.83. The molecule has 0 fully saturated rings. The molecular formula is C15H21NO4. The molecule has 0 radical (unpaired) electrons. The number of nitrogens with zero attached hydrogens (tertiary/aromatic N) is 1. The van der Waals surface area contributed by atoms with E-state index in [1.54, 1.807) is 32.9 Å². The lowest BCUT2D eigenvalue weighted by molar-refractivity contribution is -0.146. The molecule has 1 aromatic rings. The molecular weight excluding hydrogens is 258 g/mol. The van der Waals surface area contributed by atoms with Gasteiger partial charge in [0, 0.05) is 12.2 Å². The molecule has 0 aliphatic carbocycles. The van der Waals surface area contributed by atoms with Gasteiger partial charge in [0.05, 0.1) is 19.1 Å². The predicted molar refractivity (Wildman–Crippen MR) is 76.6 cm³/mol. The number of carbonyl (C=O) groups excluding carboxylic acids is 2. The fraction of sp³-hybridized carbons (Fsp3) is 0.467. The Bertz CT molecular complexity index is 433. The molecule has 1 atom stereocenters. The molecule has 0 aliphatic rings. The van der Waals surface area contributed by atoms with Gasteiger partial charge in [-0.05, 0) is 26.0 Å². The number of esters is 1. The molecule has 1 amide bonds. The first-order valence-corrected chi connectivity index (χ1v) is 6.76. The number of amides is 1. The minimum absolute atomic E-state index is 0.224. The average Bonchev–Trinajstić information content (AvgIpc) is 2.45. The number of hydrogen-bond donors (Lipinski definition) is 0. The summed E-state index contributed by atoms with van der Waals surface area (Å²) in [7, 11) is 0. The van der Waals surface area contributed by atoms with Crippen molar-refractivity contribution in [1.29, 1.82) is 0 Å². The van der Waals surface area contributed by atoms with Crippen LogP contribution in [-0.2, 0) is 14.3 Å². The summed E-state index contributed by atoms with van der Waals surface area (Å²) in [6.07, 6.45) is -0.463. The standard InChI is InChI=1S/C15H21NO4/c1-4-19-14(17)12(3)11-16(15(18)20-5-2)13-9-7-6-8-10-13/h6-10,12H,4-5,11H2,1-3H3. The van der Waals surface area contributed by atoms with Crippen molar-refractivity contribution in [2.75, 3.05) is 24.7 Å². The van der Waals surface area contributed by atoms with Gasteiger partial charge in [-0.15, -0.1) is 0 Å². The van der Waals surface area contributed by atoms with Gasteiger partial charge < -0.3 is 9.47 Å². The number of rotatable bonds is 6. The molecule has 0 aliphatic heterocycles. The maximum atomic E-state index is 12.0. The van der Waals surface area contributed by atoms with Gasteiger partial charge in [-0.1, -0.05) is 25.1 Å². The maximum Gasteiger partial charge on any atom is 0.414 e. The molecule has 0 bridgehead atoms. The van der Waals surface area contributed by atoms with Crippen LogP contribution in [0.5, 0.6) is 0 Å². The normalized spacial score (nSPS) is 11.6. The van der Waals surface area contributed by atoms with E-state index in [0.29, 0.717) is 12.3 Å². The molecule has 110 valence electrons. The Morgan fingerprint density at radius 1 is 1.10 bits per heavy atom. The number of carbonyl (C=O) groups is 2.